The minimum atomic E-state index is -0.667. The summed E-state index contributed by atoms with van der Waals surface area (Å²) in [7, 11) is 0. The van der Waals surface area contributed by atoms with Gasteiger partial charge in [-0.2, -0.15) is 0 Å². The Morgan fingerprint density at radius 1 is 1.41 bits per heavy atom. The van der Waals surface area contributed by atoms with Gasteiger partial charge in [0, 0.05) is 13.1 Å². The van der Waals surface area contributed by atoms with E-state index >= 15 is 0 Å². The van der Waals surface area contributed by atoms with Crippen LogP contribution in [0.15, 0.2) is 30.3 Å². The van der Waals surface area contributed by atoms with E-state index in [-0.39, 0.29) is 0 Å². The molecule has 0 saturated carbocycles. The molecule has 1 aliphatic rings. The fourth-order valence-corrected chi connectivity index (χ4v) is 2.35. The first kappa shape index (κ1) is 12.1. The van der Waals surface area contributed by atoms with Crippen molar-refractivity contribution in [2.24, 2.45) is 5.41 Å². The molecule has 1 atom stereocenters. The van der Waals surface area contributed by atoms with Crippen LogP contribution in [0.1, 0.15) is 18.9 Å². The largest absolute Gasteiger partial charge is 0.481 e. The molecule has 1 saturated heterocycles. The first-order valence-corrected chi connectivity index (χ1v) is 6.10. The topological polar surface area (TPSA) is 40.5 Å². The van der Waals surface area contributed by atoms with Crippen LogP contribution in [-0.2, 0) is 11.2 Å². The van der Waals surface area contributed by atoms with E-state index in [0.29, 0.717) is 6.54 Å². The van der Waals surface area contributed by atoms with Gasteiger partial charge >= 0.3 is 5.97 Å². The summed E-state index contributed by atoms with van der Waals surface area (Å²) in [4.78, 5) is 13.4. The van der Waals surface area contributed by atoms with Crippen molar-refractivity contribution in [1.82, 2.24) is 4.90 Å². The number of likely N-dealkylation sites (tertiary alicyclic amines) is 1. The number of aliphatic carboxylic acids is 1. The number of nitrogens with zero attached hydrogens (tertiary/aromatic N) is 1. The standard InChI is InChI=1S/C14H19NO2/c1-14(13(16)17)8-10-15(11-14)9-7-12-5-3-2-4-6-12/h2-6H,7-11H2,1H3,(H,16,17). The molecule has 1 unspecified atom stereocenters. The highest BCUT2D eigenvalue weighted by Gasteiger charge is 2.39. The zero-order valence-corrected chi connectivity index (χ0v) is 10.2. The first-order chi connectivity index (χ1) is 8.10. The fourth-order valence-electron chi connectivity index (χ4n) is 2.35. The first-order valence-electron chi connectivity index (χ1n) is 6.10. The van der Waals surface area contributed by atoms with Crippen molar-refractivity contribution >= 4 is 5.97 Å². The summed E-state index contributed by atoms with van der Waals surface area (Å²) in [5, 5.41) is 9.15. The van der Waals surface area contributed by atoms with Crippen molar-refractivity contribution < 1.29 is 9.90 Å². The Kier molecular flexibility index (Phi) is 3.48. The Labute approximate surface area is 102 Å². The normalized spacial score (nSPS) is 25.0. The van der Waals surface area contributed by atoms with Crippen LogP contribution in [0.3, 0.4) is 0 Å². The number of hydrogen-bond acceptors (Lipinski definition) is 2. The van der Waals surface area contributed by atoms with Gasteiger partial charge in [0.25, 0.3) is 0 Å². The minimum absolute atomic E-state index is 0.545. The van der Waals surface area contributed by atoms with Crippen molar-refractivity contribution in [3.05, 3.63) is 35.9 Å². The fraction of sp³-hybridized carbons (Fsp3) is 0.500. The summed E-state index contributed by atoms with van der Waals surface area (Å²) in [6.07, 6.45) is 1.76. The highest BCUT2D eigenvalue weighted by atomic mass is 16.4. The van der Waals surface area contributed by atoms with Gasteiger partial charge in [0.1, 0.15) is 0 Å². The Morgan fingerprint density at radius 3 is 2.71 bits per heavy atom. The van der Waals surface area contributed by atoms with Crippen molar-refractivity contribution in [3.8, 4) is 0 Å². The molecule has 1 aliphatic heterocycles. The zero-order chi connectivity index (χ0) is 12.3. The Balaban J connectivity index is 1.85. The summed E-state index contributed by atoms with van der Waals surface area (Å²) in [5.74, 6) is -0.667. The molecule has 0 amide bonds. The van der Waals surface area contributed by atoms with Crippen LogP contribution in [0.2, 0.25) is 0 Å². The Hall–Kier alpha value is -1.35. The van der Waals surface area contributed by atoms with E-state index in [9.17, 15) is 4.79 Å². The molecule has 2 rings (SSSR count). The van der Waals surface area contributed by atoms with Crippen LogP contribution in [0.25, 0.3) is 0 Å². The van der Waals surface area contributed by atoms with E-state index in [1.54, 1.807) is 0 Å². The monoisotopic (exact) mass is 233 g/mol. The average Bonchev–Trinajstić information content (AvgIpc) is 2.72. The van der Waals surface area contributed by atoms with Gasteiger partial charge in [0.15, 0.2) is 0 Å². The van der Waals surface area contributed by atoms with Crippen LogP contribution in [0.5, 0.6) is 0 Å². The SMILES string of the molecule is CC1(C(=O)O)CCN(CCc2ccccc2)C1. The van der Waals surface area contributed by atoms with Gasteiger partial charge in [-0.15, -0.1) is 0 Å². The van der Waals surface area contributed by atoms with E-state index in [1.165, 1.54) is 5.56 Å². The van der Waals surface area contributed by atoms with Gasteiger partial charge in [0.05, 0.1) is 5.41 Å². The quantitative estimate of drug-likeness (QED) is 0.865. The van der Waals surface area contributed by atoms with Crippen LogP contribution in [0.4, 0.5) is 0 Å². The number of hydrogen-bond donors (Lipinski definition) is 1. The molecule has 1 aromatic rings. The molecule has 92 valence electrons. The van der Waals surface area contributed by atoms with E-state index in [2.05, 4.69) is 17.0 Å². The molecule has 0 radical (unpaired) electrons. The van der Waals surface area contributed by atoms with E-state index < -0.39 is 11.4 Å². The molecule has 3 nitrogen and oxygen atoms in total. The van der Waals surface area contributed by atoms with Gasteiger partial charge in [0.2, 0.25) is 0 Å². The lowest BCUT2D eigenvalue weighted by molar-refractivity contribution is -0.147. The molecule has 1 aromatic carbocycles. The number of carbonyl (C=O) groups is 1. The third-order valence-corrected chi connectivity index (χ3v) is 3.63. The van der Waals surface area contributed by atoms with Gasteiger partial charge in [-0.1, -0.05) is 30.3 Å². The molecule has 0 spiro atoms. The molecule has 17 heavy (non-hydrogen) atoms. The van der Waals surface area contributed by atoms with Gasteiger partial charge in [-0.05, 0) is 31.9 Å². The third kappa shape index (κ3) is 2.86. The summed E-state index contributed by atoms with van der Waals surface area (Å²) in [6.45, 7) is 4.37. The van der Waals surface area contributed by atoms with Crippen LogP contribution < -0.4 is 0 Å². The second kappa shape index (κ2) is 4.88. The predicted molar refractivity (Wildman–Crippen MR) is 66.9 cm³/mol. The lowest BCUT2D eigenvalue weighted by Gasteiger charge is -2.19. The third-order valence-electron chi connectivity index (χ3n) is 3.63. The van der Waals surface area contributed by atoms with Gasteiger partial charge in [-0.25, -0.2) is 0 Å². The maximum absolute atomic E-state index is 11.1. The van der Waals surface area contributed by atoms with Crippen molar-refractivity contribution in [1.29, 1.82) is 0 Å². The second-order valence-corrected chi connectivity index (χ2v) is 5.13. The molecule has 1 N–H and O–H groups in total. The van der Waals surface area contributed by atoms with E-state index in [0.717, 1.165) is 25.9 Å². The predicted octanol–water partition coefficient (Wildman–Crippen LogP) is 2.03. The van der Waals surface area contributed by atoms with E-state index in [4.69, 9.17) is 5.11 Å². The minimum Gasteiger partial charge on any atom is -0.481 e. The molecular weight excluding hydrogens is 214 g/mol. The Bertz CT molecular complexity index is 390. The highest BCUT2D eigenvalue weighted by molar-refractivity contribution is 5.74. The molecule has 0 aliphatic carbocycles. The summed E-state index contributed by atoms with van der Waals surface area (Å²) in [5.41, 5.74) is 0.771. The van der Waals surface area contributed by atoms with E-state index in [1.807, 2.05) is 25.1 Å². The number of benzene rings is 1. The Morgan fingerprint density at radius 2 is 2.12 bits per heavy atom. The van der Waals surface area contributed by atoms with Crippen molar-refractivity contribution in [3.63, 3.8) is 0 Å². The van der Waals surface area contributed by atoms with Crippen LogP contribution >= 0.6 is 0 Å². The van der Waals surface area contributed by atoms with Crippen LogP contribution in [-0.4, -0.2) is 35.6 Å². The summed E-state index contributed by atoms with van der Waals surface area (Å²) in [6, 6.07) is 10.3. The maximum Gasteiger partial charge on any atom is 0.310 e. The van der Waals surface area contributed by atoms with Crippen molar-refractivity contribution in [2.75, 3.05) is 19.6 Å². The number of rotatable bonds is 4. The number of carboxylic acid groups (broad SMARTS) is 1. The molecule has 3 heteroatoms. The molecule has 1 fully saturated rings. The lowest BCUT2D eigenvalue weighted by Crippen LogP contribution is -2.32. The maximum atomic E-state index is 11.1. The molecule has 0 aromatic heterocycles. The average molecular weight is 233 g/mol. The molecule has 0 bridgehead atoms. The van der Waals surface area contributed by atoms with Crippen molar-refractivity contribution in [2.45, 2.75) is 19.8 Å². The zero-order valence-electron chi connectivity index (χ0n) is 10.2. The summed E-state index contributed by atoms with van der Waals surface area (Å²) < 4.78 is 0. The number of carboxylic acids is 1. The van der Waals surface area contributed by atoms with Gasteiger partial charge in [-0.3, -0.25) is 4.79 Å². The summed E-state index contributed by atoms with van der Waals surface area (Å²) >= 11 is 0. The van der Waals surface area contributed by atoms with Gasteiger partial charge < -0.3 is 10.0 Å². The molecule has 1 heterocycles. The molecular formula is C14H19NO2. The highest BCUT2D eigenvalue weighted by Crippen LogP contribution is 2.29. The second-order valence-electron chi connectivity index (χ2n) is 5.13. The van der Waals surface area contributed by atoms with Crippen LogP contribution in [0, 0.1) is 5.41 Å². The smallest absolute Gasteiger partial charge is 0.310 e. The lowest BCUT2D eigenvalue weighted by atomic mass is 9.90.